The summed E-state index contributed by atoms with van der Waals surface area (Å²) < 4.78 is 31.5. The van der Waals surface area contributed by atoms with E-state index in [1.54, 1.807) is 6.07 Å². The standard InChI is InChI=1S/C15H9ClF2N2O/c16-5-11-19-14(20-21-11)15-8-4-7(12(15)13(8)15)6-1-2-9(17)10(18)3-6/h1-3,8,13H,4-5H2/t8-,13-,15+/m1/s1. The van der Waals surface area contributed by atoms with Crippen LogP contribution in [0.3, 0.4) is 0 Å². The summed E-state index contributed by atoms with van der Waals surface area (Å²) in [5, 5.41) is 4.02. The van der Waals surface area contributed by atoms with Crippen LogP contribution >= 0.6 is 11.6 Å². The molecular weight excluding hydrogens is 298 g/mol. The number of allylic oxidation sites excluding steroid dienone is 2. The van der Waals surface area contributed by atoms with Crippen molar-refractivity contribution in [1.82, 2.24) is 10.1 Å². The maximum atomic E-state index is 13.4. The maximum Gasteiger partial charge on any atom is 0.241 e. The molecule has 0 unspecified atom stereocenters. The predicted molar refractivity (Wildman–Crippen MR) is 70.4 cm³/mol. The van der Waals surface area contributed by atoms with Gasteiger partial charge in [0.1, 0.15) is 5.88 Å². The monoisotopic (exact) mass is 306 g/mol. The van der Waals surface area contributed by atoms with Crippen molar-refractivity contribution in [3.05, 3.63) is 52.7 Å². The Balaban J connectivity index is 1.56. The molecule has 1 aromatic heterocycles. The molecule has 6 heteroatoms. The van der Waals surface area contributed by atoms with Crippen molar-refractivity contribution in [2.75, 3.05) is 0 Å². The number of hydrogen-bond acceptors (Lipinski definition) is 3. The maximum absolute atomic E-state index is 13.4. The third-order valence-corrected chi connectivity index (χ3v) is 5.24. The molecule has 3 nitrogen and oxygen atoms in total. The second-order valence-electron chi connectivity index (χ2n) is 5.82. The normalized spacial score (nSPS) is 31.6. The lowest BCUT2D eigenvalue weighted by Gasteiger charge is -2.01. The first-order valence-electron chi connectivity index (χ1n) is 6.76. The molecule has 0 radical (unpaired) electrons. The molecule has 4 aliphatic rings. The molecule has 2 aromatic rings. The van der Waals surface area contributed by atoms with Gasteiger partial charge in [0.05, 0.1) is 5.41 Å². The molecule has 2 bridgehead atoms. The van der Waals surface area contributed by atoms with Gasteiger partial charge in [0, 0.05) is 5.92 Å². The van der Waals surface area contributed by atoms with Crippen molar-refractivity contribution in [2.24, 2.45) is 11.8 Å². The molecule has 6 rings (SSSR count). The van der Waals surface area contributed by atoms with Gasteiger partial charge in [0.25, 0.3) is 0 Å². The Morgan fingerprint density at radius 3 is 2.86 bits per heavy atom. The van der Waals surface area contributed by atoms with Gasteiger partial charge in [0.15, 0.2) is 17.5 Å². The van der Waals surface area contributed by atoms with Crippen molar-refractivity contribution >= 4 is 17.2 Å². The largest absolute Gasteiger partial charge is 0.338 e. The van der Waals surface area contributed by atoms with E-state index in [9.17, 15) is 8.78 Å². The van der Waals surface area contributed by atoms with Gasteiger partial charge in [-0.15, -0.1) is 11.6 Å². The number of hydrogen-bond donors (Lipinski definition) is 0. The molecule has 1 heterocycles. The summed E-state index contributed by atoms with van der Waals surface area (Å²) >= 11 is 5.68. The number of alkyl halides is 1. The van der Waals surface area contributed by atoms with Gasteiger partial charge >= 0.3 is 0 Å². The third-order valence-electron chi connectivity index (χ3n) is 5.01. The Labute approximate surface area is 123 Å². The van der Waals surface area contributed by atoms with E-state index in [4.69, 9.17) is 16.1 Å². The molecule has 4 aliphatic carbocycles. The average Bonchev–Trinajstić information content (AvgIpc) is 3.07. The fourth-order valence-corrected chi connectivity index (χ4v) is 4.15. The Hall–Kier alpha value is -1.75. The smallest absolute Gasteiger partial charge is 0.241 e. The van der Waals surface area contributed by atoms with Crippen molar-refractivity contribution in [1.29, 1.82) is 0 Å². The van der Waals surface area contributed by atoms with Crippen LogP contribution in [0.2, 0.25) is 0 Å². The van der Waals surface area contributed by atoms with Gasteiger partial charge in [-0.3, -0.25) is 0 Å². The first-order valence-corrected chi connectivity index (χ1v) is 7.29. The Morgan fingerprint density at radius 1 is 1.33 bits per heavy atom. The van der Waals surface area contributed by atoms with Crippen LogP contribution < -0.4 is 0 Å². The van der Waals surface area contributed by atoms with E-state index in [2.05, 4.69) is 10.1 Å². The fourth-order valence-electron chi connectivity index (χ4n) is 4.04. The lowest BCUT2D eigenvalue weighted by molar-refractivity contribution is 0.382. The zero-order valence-corrected chi connectivity index (χ0v) is 11.5. The zero-order chi connectivity index (χ0) is 14.4. The average molecular weight is 307 g/mol. The van der Waals surface area contributed by atoms with Crippen molar-refractivity contribution in [3.63, 3.8) is 0 Å². The van der Waals surface area contributed by atoms with Crippen LogP contribution in [0.4, 0.5) is 8.78 Å². The summed E-state index contributed by atoms with van der Waals surface area (Å²) in [7, 11) is 0. The van der Waals surface area contributed by atoms with Crippen LogP contribution in [0, 0.1) is 23.5 Å². The van der Waals surface area contributed by atoms with E-state index in [0.717, 1.165) is 17.6 Å². The first-order chi connectivity index (χ1) is 10.2. The second kappa shape index (κ2) is 3.53. The van der Waals surface area contributed by atoms with E-state index < -0.39 is 11.6 Å². The molecule has 0 amide bonds. The van der Waals surface area contributed by atoms with Crippen LogP contribution in [-0.2, 0) is 11.3 Å². The first kappa shape index (κ1) is 11.9. The number of rotatable bonds is 3. The van der Waals surface area contributed by atoms with Gasteiger partial charge in [0.2, 0.25) is 5.89 Å². The van der Waals surface area contributed by atoms with Gasteiger partial charge in [-0.2, -0.15) is 4.98 Å². The lowest BCUT2D eigenvalue weighted by atomic mass is 10.1. The minimum absolute atomic E-state index is 0.0893. The van der Waals surface area contributed by atoms with Gasteiger partial charge < -0.3 is 4.52 Å². The fraction of sp³-hybridized carbons (Fsp3) is 0.333. The summed E-state index contributed by atoms with van der Waals surface area (Å²) in [5.41, 5.74) is 3.05. The minimum Gasteiger partial charge on any atom is -0.338 e. The van der Waals surface area contributed by atoms with Crippen molar-refractivity contribution in [2.45, 2.75) is 17.7 Å². The highest BCUT2D eigenvalue weighted by atomic mass is 35.5. The van der Waals surface area contributed by atoms with Crippen molar-refractivity contribution < 1.29 is 13.3 Å². The molecule has 1 aromatic carbocycles. The third kappa shape index (κ3) is 1.24. The molecule has 2 fully saturated rings. The van der Waals surface area contributed by atoms with E-state index in [1.165, 1.54) is 17.7 Å². The second-order valence-corrected chi connectivity index (χ2v) is 6.09. The van der Waals surface area contributed by atoms with Gasteiger partial charge in [-0.25, -0.2) is 8.78 Å². The highest BCUT2D eigenvalue weighted by Crippen LogP contribution is 2.90. The topological polar surface area (TPSA) is 38.9 Å². The molecule has 0 aliphatic heterocycles. The lowest BCUT2D eigenvalue weighted by Crippen LogP contribution is -2.02. The summed E-state index contributed by atoms with van der Waals surface area (Å²) in [5.74, 6) is 0.638. The molecule has 0 N–H and O–H groups in total. The summed E-state index contributed by atoms with van der Waals surface area (Å²) in [6, 6.07) is 4.08. The number of fused-ring (bicyclic) bond motifs is 1. The van der Waals surface area contributed by atoms with Crippen LogP contribution in [0.25, 0.3) is 5.57 Å². The molecule has 3 atom stereocenters. The van der Waals surface area contributed by atoms with Crippen molar-refractivity contribution in [3.8, 4) is 0 Å². The molecule has 21 heavy (non-hydrogen) atoms. The summed E-state index contributed by atoms with van der Waals surface area (Å²) in [6.45, 7) is 0. The molecule has 2 saturated carbocycles. The summed E-state index contributed by atoms with van der Waals surface area (Å²) in [6.07, 6.45) is 0.871. The van der Waals surface area contributed by atoms with E-state index in [-0.39, 0.29) is 11.3 Å². The SMILES string of the molecule is Fc1ccc(C2=C3[C@H]4[C@@H](C2)[C@]34c2noc(CCl)n2)cc1F. The summed E-state index contributed by atoms with van der Waals surface area (Å²) in [4.78, 5) is 4.33. The molecule has 106 valence electrons. The highest BCUT2D eigenvalue weighted by Gasteiger charge is 2.89. The Bertz CT molecular complexity index is 831. The van der Waals surface area contributed by atoms with Gasteiger partial charge in [-0.1, -0.05) is 11.2 Å². The molecule has 0 saturated heterocycles. The number of nitrogens with zero attached hydrogens (tertiary/aromatic N) is 2. The molecular formula is C15H9ClF2N2O. The van der Waals surface area contributed by atoms with Crippen LogP contribution in [-0.4, -0.2) is 10.1 Å². The highest BCUT2D eigenvalue weighted by molar-refractivity contribution is 6.16. The molecule has 0 spiro atoms. The number of aromatic nitrogens is 2. The van der Waals surface area contributed by atoms with E-state index in [0.29, 0.717) is 23.6 Å². The van der Waals surface area contributed by atoms with E-state index >= 15 is 0 Å². The van der Waals surface area contributed by atoms with Crippen LogP contribution in [0.15, 0.2) is 28.3 Å². The quantitative estimate of drug-likeness (QED) is 0.815. The minimum atomic E-state index is -0.818. The zero-order valence-electron chi connectivity index (χ0n) is 10.7. The predicted octanol–water partition coefficient (Wildman–Crippen LogP) is 3.44. The van der Waals surface area contributed by atoms with E-state index in [1.807, 2.05) is 0 Å². The Kier molecular flexibility index (Phi) is 1.99. The van der Waals surface area contributed by atoms with Gasteiger partial charge in [-0.05, 0) is 41.2 Å². The number of benzene rings is 1. The van der Waals surface area contributed by atoms with Crippen LogP contribution in [0.1, 0.15) is 23.7 Å². The number of halogens is 3. The Morgan fingerprint density at radius 2 is 2.19 bits per heavy atom. The van der Waals surface area contributed by atoms with Crippen LogP contribution in [0.5, 0.6) is 0 Å².